The maximum absolute atomic E-state index is 10.5. The van der Waals surface area contributed by atoms with Crippen molar-refractivity contribution in [2.75, 3.05) is 0 Å². The molecule has 0 atom stereocenters. The molecule has 4 heteroatoms. The summed E-state index contributed by atoms with van der Waals surface area (Å²) in [4.78, 5) is 20.7. The molecule has 0 amide bonds. The van der Waals surface area contributed by atoms with E-state index in [-0.39, 0.29) is 12.8 Å². The van der Waals surface area contributed by atoms with Gasteiger partial charge in [0.25, 0.3) is 0 Å². The summed E-state index contributed by atoms with van der Waals surface area (Å²) in [6, 6.07) is 0. The molecule has 0 aromatic heterocycles. The Hall–Kier alpha value is -1.32. The molecule has 0 fully saturated rings. The van der Waals surface area contributed by atoms with Gasteiger partial charge in [-0.2, -0.15) is 0 Å². The van der Waals surface area contributed by atoms with Crippen molar-refractivity contribution >= 4 is 11.9 Å². The Bertz CT molecular complexity index is 218. The second kappa shape index (κ2) is 6.22. The van der Waals surface area contributed by atoms with Gasteiger partial charge in [-0.05, 0) is 12.8 Å². The zero-order chi connectivity index (χ0) is 10.3. The van der Waals surface area contributed by atoms with Gasteiger partial charge in [0.05, 0.1) is 0 Å². The van der Waals surface area contributed by atoms with E-state index in [1.54, 1.807) is 0 Å². The van der Waals surface area contributed by atoms with Crippen LogP contribution in [-0.2, 0) is 9.59 Å². The first-order valence-corrected chi connectivity index (χ1v) is 4.22. The average molecular weight is 186 g/mol. The second-order valence-corrected chi connectivity index (χ2v) is 2.72. The second-order valence-electron chi connectivity index (χ2n) is 2.72. The van der Waals surface area contributed by atoms with E-state index >= 15 is 0 Å². The molecule has 0 rings (SSSR count). The zero-order valence-corrected chi connectivity index (χ0v) is 7.62. The number of aliphatic carboxylic acids is 2. The van der Waals surface area contributed by atoms with Gasteiger partial charge in [-0.1, -0.05) is 19.4 Å². The summed E-state index contributed by atoms with van der Waals surface area (Å²) in [6.07, 6.45) is 3.01. The van der Waals surface area contributed by atoms with E-state index in [4.69, 9.17) is 10.2 Å². The SMILES string of the molecule is CCC/C(=C/CCC(=O)O)C(=O)O. The van der Waals surface area contributed by atoms with Gasteiger partial charge in [-0.15, -0.1) is 0 Å². The average Bonchev–Trinajstić information content (AvgIpc) is 2.02. The number of allylic oxidation sites excluding steroid dienone is 1. The minimum absolute atomic E-state index is 0.0134. The lowest BCUT2D eigenvalue weighted by atomic mass is 10.1. The van der Waals surface area contributed by atoms with Crippen LogP contribution < -0.4 is 0 Å². The lowest BCUT2D eigenvalue weighted by molar-refractivity contribution is -0.137. The Morgan fingerprint density at radius 2 is 1.85 bits per heavy atom. The fourth-order valence-electron chi connectivity index (χ4n) is 0.936. The predicted molar refractivity (Wildman–Crippen MR) is 47.5 cm³/mol. The minimum Gasteiger partial charge on any atom is -0.481 e. The van der Waals surface area contributed by atoms with Crippen molar-refractivity contribution in [3.05, 3.63) is 11.6 Å². The quantitative estimate of drug-likeness (QED) is 0.618. The minimum atomic E-state index is -0.952. The third-order valence-electron chi connectivity index (χ3n) is 1.54. The van der Waals surface area contributed by atoms with Crippen LogP contribution in [0.4, 0.5) is 0 Å². The van der Waals surface area contributed by atoms with E-state index in [2.05, 4.69) is 0 Å². The number of rotatable bonds is 6. The highest BCUT2D eigenvalue weighted by atomic mass is 16.4. The monoisotopic (exact) mass is 186 g/mol. The van der Waals surface area contributed by atoms with E-state index in [1.807, 2.05) is 6.92 Å². The Morgan fingerprint density at radius 1 is 1.23 bits per heavy atom. The van der Waals surface area contributed by atoms with Crippen LogP contribution >= 0.6 is 0 Å². The Balaban J connectivity index is 4.03. The van der Waals surface area contributed by atoms with Gasteiger partial charge in [0, 0.05) is 12.0 Å². The molecule has 2 N–H and O–H groups in total. The van der Waals surface area contributed by atoms with Crippen LogP contribution in [0.25, 0.3) is 0 Å². The summed E-state index contributed by atoms with van der Waals surface area (Å²) in [7, 11) is 0. The van der Waals surface area contributed by atoms with Crippen molar-refractivity contribution < 1.29 is 19.8 Å². The molecular formula is C9H14O4. The molecule has 0 saturated heterocycles. The van der Waals surface area contributed by atoms with Gasteiger partial charge in [-0.3, -0.25) is 4.79 Å². The van der Waals surface area contributed by atoms with E-state index in [0.29, 0.717) is 12.0 Å². The molecule has 0 aliphatic rings. The zero-order valence-electron chi connectivity index (χ0n) is 7.62. The van der Waals surface area contributed by atoms with Crippen LogP contribution in [0.3, 0.4) is 0 Å². The summed E-state index contributed by atoms with van der Waals surface area (Å²) in [5, 5.41) is 17.0. The lowest BCUT2D eigenvalue weighted by Crippen LogP contribution is -2.01. The number of carboxylic acids is 2. The maximum Gasteiger partial charge on any atom is 0.331 e. The fraction of sp³-hybridized carbons (Fsp3) is 0.556. The first kappa shape index (κ1) is 11.7. The lowest BCUT2D eigenvalue weighted by Gasteiger charge is -1.98. The van der Waals surface area contributed by atoms with Crippen LogP contribution in [-0.4, -0.2) is 22.2 Å². The molecule has 0 aliphatic heterocycles. The summed E-state index contributed by atoms with van der Waals surface area (Å²) >= 11 is 0. The first-order valence-electron chi connectivity index (χ1n) is 4.22. The van der Waals surface area contributed by atoms with Gasteiger partial charge < -0.3 is 10.2 Å². The first-order chi connectivity index (χ1) is 6.07. The molecule has 0 heterocycles. The number of carbonyl (C=O) groups is 2. The molecule has 4 nitrogen and oxygen atoms in total. The fourth-order valence-corrected chi connectivity index (χ4v) is 0.936. The molecule has 0 unspecified atom stereocenters. The number of hydrogen-bond donors (Lipinski definition) is 2. The van der Waals surface area contributed by atoms with Crippen molar-refractivity contribution in [1.82, 2.24) is 0 Å². The number of carboxylic acid groups (broad SMARTS) is 2. The van der Waals surface area contributed by atoms with Crippen LogP contribution in [0.5, 0.6) is 0 Å². The third kappa shape index (κ3) is 5.90. The van der Waals surface area contributed by atoms with E-state index in [1.165, 1.54) is 6.08 Å². The van der Waals surface area contributed by atoms with Crippen molar-refractivity contribution in [2.24, 2.45) is 0 Å². The van der Waals surface area contributed by atoms with E-state index in [0.717, 1.165) is 6.42 Å². The van der Waals surface area contributed by atoms with Crippen LogP contribution in [0.15, 0.2) is 11.6 Å². The summed E-state index contributed by atoms with van der Waals surface area (Å²) in [5.41, 5.74) is 0.309. The molecule has 0 bridgehead atoms. The molecule has 0 radical (unpaired) electrons. The highest BCUT2D eigenvalue weighted by molar-refractivity contribution is 5.86. The van der Waals surface area contributed by atoms with Crippen LogP contribution in [0.1, 0.15) is 32.6 Å². The Kier molecular flexibility index (Phi) is 5.59. The summed E-state index contributed by atoms with van der Waals surface area (Å²) in [5.74, 6) is -1.86. The van der Waals surface area contributed by atoms with Crippen molar-refractivity contribution in [3.8, 4) is 0 Å². The van der Waals surface area contributed by atoms with E-state index < -0.39 is 11.9 Å². The molecule has 13 heavy (non-hydrogen) atoms. The van der Waals surface area contributed by atoms with Crippen molar-refractivity contribution in [2.45, 2.75) is 32.6 Å². The summed E-state index contributed by atoms with van der Waals surface area (Å²) < 4.78 is 0. The van der Waals surface area contributed by atoms with Crippen molar-refractivity contribution in [1.29, 1.82) is 0 Å². The molecule has 0 aromatic carbocycles. The molecule has 0 aliphatic carbocycles. The van der Waals surface area contributed by atoms with Crippen LogP contribution in [0.2, 0.25) is 0 Å². The van der Waals surface area contributed by atoms with Gasteiger partial charge in [-0.25, -0.2) is 4.79 Å². The van der Waals surface area contributed by atoms with Gasteiger partial charge >= 0.3 is 11.9 Å². The molecular weight excluding hydrogens is 172 g/mol. The van der Waals surface area contributed by atoms with Crippen molar-refractivity contribution in [3.63, 3.8) is 0 Å². The molecule has 0 spiro atoms. The standard InChI is InChI=1S/C9H14O4/c1-2-4-7(9(12)13)5-3-6-8(10)11/h5H,2-4,6H2,1H3,(H,10,11)(H,12,13)/b7-5-. The Morgan fingerprint density at radius 3 is 2.23 bits per heavy atom. The summed E-state index contributed by atoms with van der Waals surface area (Å²) in [6.45, 7) is 1.88. The molecule has 74 valence electrons. The topological polar surface area (TPSA) is 74.6 Å². The largest absolute Gasteiger partial charge is 0.481 e. The normalized spacial score (nSPS) is 11.3. The van der Waals surface area contributed by atoms with Gasteiger partial charge in [0.2, 0.25) is 0 Å². The maximum atomic E-state index is 10.5. The molecule has 0 aromatic rings. The highest BCUT2D eigenvalue weighted by Gasteiger charge is 2.05. The molecule has 0 saturated carbocycles. The van der Waals surface area contributed by atoms with E-state index in [9.17, 15) is 9.59 Å². The highest BCUT2D eigenvalue weighted by Crippen LogP contribution is 2.07. The third-order valence-corrected chi connectivity index (χ3v) is 1.54. The number of hydrogen-bond acceptors (Lipinski definition) is 2. The van der Waals surface area contributed by atoms with Gasteiger partial charge in [0.1, 0.15) is 0 Å². The van der Waals surface area contributed by atoms with Gasteiger partial charge in [0.15, 0.2) is 0 Å². The van der Waals surface area contributed by atoms with Crippen LogP contribution in [0, 0.1) is 0 Å². The smallest absolute Gasteiger partial charge is 0.331 e. The Labute approximate surface area is 76.9 Å². The predicted octanol–water partition coefficient (Wildman–Crippen LogP) is 1.66.